The van der Waals surface area contributed by atoms with Gasteiger partial charge >= 0.3 is 11.9 Å². The summed E-state index contributed by atoms with van der Waals surface area (Å²) in [7, 11) is 0. The molecule has 0 aliphatic carbocycles. The fourth-order valence-electron chi connectivity index (χ4n) is 2.03. The van der Waals surface area contributed by atoms with Gasteiger partial charge in [0, 0.05) is 0 Å². The maximum absolute atomic E-state index is 12.0. The van der Waals surface area contributed by atoms with E-state index in [1.807, 2.05) is 6.92 Å². The van der Waals surface area contributed by atoms with E-state index in [0.717, 1.165) is 0 Å². The van der Waals surface area contributed by atoms with Gasteiger partial charge in [-0.05, 0) is 40.5 Å². The van der Waals surface area contributed by atoms with Crippen LogP contribution in [0, 0.1) is 10.8 Å². The second-order valence-corrected chi connectivity index (χ2v) is 5.55. The van der Waals surface area contributed by atoms with Gasteiger partial charge in [0.2, 0.25) is 0 Å². The Balaban J connectivity index is 4.84. The lowest BCUT2D eigenvalue weighted by Crippen LogP contribution is -2.38. The zero-order valence-electron chi connectivity index (χ0n) is 12.6. The first-order chi connectivity index (χ1) is 8.73. The Morgan fingerprint density at radius 2 is 1.63 bits per heavy atom. The molecule has 0 heterocycles. The molecule has 0 aliphatic heterocycles. The van der Waals surface area contributed by atoms with Crippen LogP contribution >= 0.6 is 0 Å². The van der Waals surface area contributed by atoms with Gasteiger partial charge in [-0.15, -0.1) is 0 Å². The third-order valence-corrected chi connectivity index (χ3v) is 3.26. The molecule has 1 unspecified atom stereocenters. The molecule has 1 N–H and O–H groups in total. The number of aliphatic hydroxyl groups is 1. The van der Waals surface area contributed by atoms with Gasteiger partial charge in [0.05, 0.1) is 24.0 Å². The van der Waals surface area contributed by atoms with E-state index in [4.69, 9.17) is 14.6 Å². The fourth-order valence-corrected chi connectivity index (χ4v) is 2.03. The maximum Gasteiger partial charge on any atom is 0.311 e. The Morgan fingerprint density at radius 1 is 1.05 bits per heavy atom. The molecular weight excluding hydrogens is 248 g/mol. The van der Waals surface area contributed by atoms with Crippen molar-refractivity contribution in [3.8, 4) is 0 Å². The van der Waals surface area contributed by atoms with Crippen molar-refractivity contribution in [2.24, 2.45) is 10.8 Å². The van der Waals surface area contributed by atoms with Crippen LogP contribution in [0.4, 0.5) is 0 Å². The molecule has 0 aliphatic rings. The van der Waals surface area contributed by atoms with E-state index in [0.29, 0.717) is 19.4 Å². The highest BCUT2D eigenvalue weighted by Gasteiger charge is 2.42. The molecule has 0 spiro atoms. The van der Waals surface area contributed by atoms with Crippen LogP contribution in [0.2, 0.25) is 0 Å². The molecule has 0 amide bonds. The second kappa shape index (κ2) is 7.48. The van der Waals surface area contributed by atoms with Crippen LogP contribution in [-0.4, -0.2) is 36.9 Å². The monoisotopic (exact) mass is 274 g/mol. The number of rotatable bonds is 8. The summed E-state index contributed by atoms with van der Waals surface area (Å²) in [5.74, 6) is -0.703. The van der Waals surface area contributed by atoms with Crippen LogP contribution in [0.3, 0.4) is 0 Å². The summed E-state index contributed by atoms with van der Waals surface area (Å²) in [5, 5.41) is 8.67. The smallest absolute Gasteiger partial charge is 0.311 e. The lowest BCUT2D eigenvalue weighted by Gasteiger charge is -2.33. The van der Waals surface area contributed by atoms with E-state index >= 15 is 0 Å². The molecule has 0 rings (SSSR count). The highest BCUT2D eigenvalue weighted by atomic mass is 16.5. The van der Waals surface area contributed by atoms with Gasteiger partial charge in [0.15, 0.2) is 0 Å². The first-order valence-electron chi connectivity index (χ1n) is 6.68. The van der Waals surface area contributed by atoms with Crippen molar-refractivity contribution in [1.29, 1.82) is 0 Å². The summed E-state index contributed by atoms with van der Waals surface area (Å²) in [5.41, 5.74) is -1.51. The number of carbonyl (C=O) groups is 2. The Morgan fingerprint density at radius 3 is 2.05 bits per heavy atom. The number of ether oxygens (including phenoxy) is 2. The van der Waals surface area contributed by atoms with E-state index in [2.05, 4.69) is 0 Å². The molecule has 112 valence electrons. The van der Waals surface area contributed by atoms with Gasteiger partial charge in [0.1, 0.15) is 6.61 Å². The second-order valence-electron chi connectivity index (χ2n) is 5.55. The van der Waals surface area contributed by atoms with Crippen molar-refractivity contribution >= 4 is 11.9 Å². The van der Waals surface area contributed by atoms with Gasteiger partial charge in [0.25, 0.3) is 0 Å². The third-order valence-electron chi connectivity index (χ3n) is 3.26. The predicted molar refractivity (Wildman–Crippen MR) is 71.5 cm³/mol. The minimum Gasteiger partial charge on any atom is -0.466 e. The molecule has 5 heteroatoms. The molecule has 1 atom stereocenters. The SMILES string of the molecule is CCOC(=O)C(C)(CC)CC(C)(C)C(=O)OCCO. The van der Waals surface area contributed by atoms with Crippen molar-refractivity contribution < 1.29 is 24.2 Å². The van der Waals surface area contributed by atoms with E-state index in [1.165, 1.54) is 0 Å². The molecule has 0 aromatic carbocycles. The standard InChI is InChI=1S/C14H26O5/c1-6-14(5,12(17)18-7-2)10-13(3,4)11(16)19-9-8-15/h15H,6-10H2,1-5H3. The number of hydrogen-bond donors (Lipinski definition) is 1. The zero-order valence-corrected chi connectivity index (χ0v) is 12.6. The van der Waals surface area contributed by atoms with Crippen molar-refractivity contribution in [2.75, 3.05) is 19.8 Å². The maximum atomic E-state index is 12.0. The summed E-state index contributed by atoms with van der Waals surface area (Å²) < 4.78 is 10.0. The van der Waals surface area contributed by atoms with Crippen molar-refractivity contribution in [3.05, 3.63) is 0 Å². The van der Waals surface area contributed by atoms with Crippen molar-refractivity contribution in [2.45, 2.75) is 47.5 Å². The van der Waals surface area contributed by atoms with Crippen LogP contribution in [0.15, 0.2) is 0 Å². The van der Waals surface area contributed by atoms with E-state index in [-0.39, 0.29) is 19.2 Å². The molecule has 0 fully saturated rings. The topological polar surface area (TPSA) is 72.8 Å². The van der Waals surface area contributed by atoms with Crippen molar-refractivity contribution in [1.82, 2.24) is 0 Å². The molecule has 0 aromatic heterocycles. The average Bonchev–Trinajstić information content (AvgIpc) is 2.35. The number of carbonyl (C=O) groups excluding carboxylic acids is 2. The number of esters is 2. The number of aliphatic hydroxyl groups excluding tert-OH is 1. The van der Waals surface area contributed by atoms with E-state index in [9.17, 15) is 9.59 Å². The molecule has 0 saturated heterocycles. The van der Waals surface area contributed by atoms with Crippen LogP contribution in [0.1, 0.15) is 47.5 Å². The normalized spacial score (nSPS) is 14.6. The summed E-state index contributed by atoms with van der Waals surface area (Å²) in [4.78, 5) is 23.9. The highest BCUT2D eigenvalue weighted by Crippen LogP contribution is 2.38. The van der Waals surface area contributed by atoms with Gasteiger partial charge in [-0.2, -0.15) is 0 Å². The molecular formula is C14H26O5. The highest BCUT2D eigenvalue weighted by molar-refractivity contribution is 5.80. The quantitative estimate of drug-likeness (QED) is 0.685. The molecule has 19 heavy (non-hydrogen) atoms. The average molecular weight is 274 g/mol. The summed E-state index contributed by atoms with van der Waals surface area (Å²) in [6.45, 7) is 9.02. The van der Waals surface area contributed by atoms with Gasteiger partial charge in [-0.3, -0.25) is 9.59 Å². The fraction of sp³-hybridized carbons (Fsp3) is 0.857. The van der Waals surface area contributed by atoms with E-state index < -0.39 is 16.8 Å². The van der Waals surface area contributed by atoms with Crippen LogP contribution in [-0.2, 0) is 19.1 Å². The lowest BCUT2D eigenvalue weighted by atomic mass is 9.72. The number of hydrogen-bond acceptors (Lipinski definition) is 5. The molecule has 0 radical (unpaired) electrons. The summed E-state index contributed by atoms with van der Waals surface area (Å²) >= 11 is 0. The predicted octanol–water partition coefficient (Wildman–Crippen LogP) is 1.92. The van der Waals surface area contributed by atoms with Gasteiger partial charge < -0.3 is 14.6 Å². The van der Waals surface area contributed by atoms with Gasteiger partial charge in [-0.25, -0.2) is 0 Å². The minimum absolute atomic E-state index is 0.0233. The van der Waals surface area contributed by atoms with Crippen LogP contribution < -0.4 is 0 Å². The third kappa shape index (κ3) is 5.19. The van der Waals surface area contributed by atoms with Gasteiger partial charge in [-0.1, -0.05) is 6.92 Å². The Labute approximate surface area is 115 Å². The Kier molecular flexibility index (Phi) is 7.05. The first-order valence-corrected chi connectivity index (χ1v) is 6.68. The first kappa shape index (κ1) is 17.9. The molecule has 0 aromatic rings. The Bertz CT molecular complexity index is 311. The lowest BCUT2D eigenvalue weighted by molar-refractivity contribution is -0.163. The largest absolute Gasteiger partial charge is 0.466 e. The van der Waals surface area contributed by atoms with Crippen LogP contribution in [0.25, 0.3) is 0 Å². The minimum atomic E-state index is -0.799. The molecule has 5 nitrogen and oxygen atoms in total. The summed E-state index contributed by atoms with van der Waals surface area (Å²) in [6, 6.07) is 0. The molecule has 0 bridgehead atoms. The van der Waals surface area contributed by atoms with E-state index in [1.54, 1.807) is 27.7 Å². The zero-order chi connectivity index (χ0) is 15.1. The van der Waals surface area contributed by atoms with Crippen molar-refractivity contribution in [3.63, 3.8) is 0 Å². The molecule has 0 saturated carbocycles. The van der Waals surface area contributed by atoms with Crippen LogP contribution in [0.5, 0.6) is 0 Å². The summed E-state index contributed by atoms with van der Waals surface area (Å²) in [6.07, 6.45) is 0.933. The Hall–Kier alpha value is -1.10.